The zero-order valence-electron chi connectivity index (χ0n) is 15.6. The van der Waals surface area contributed by atoms with Crippen molar-refractivity contribution in [2.75, 3.05) is 27.0 Å². The van der Waals surface area contributed by atoms with Gasteiger partial charge in [0.25, 0.3) is 0 Å². The molecule has 2 aliphatic heterocycles. The maximum absolute atomic E-state index is 13.0. The molecule has 146 valence electrons. The van der Waals surface area contributed by atoms with E-state index in [0.29, 0.717) is 41.2 Å². The second kappa shape index (κ2) is 7.76. The number of benzene rings is 2. The number of aryl methyl sites for hydroxylation is 1. The molecule has 2 aliphatic rings. The number of Topliss-reactive ketones (excluding diaryl/α,β-unsaturated/α-hetero) is 1. The number of hydrogen-bond donors (Lipinski definition) is 0. The van der Waals surface area contributed by atoms with Crippen molar-refractivity contribution in [3.8, 4) is 11.5 Å². The van der Waals surface area contributed by atoms with Gasteiger partial charge in [0.1, 0.15) is 18.2 Å². The fourth-order valence-electron chi connectivity index (χ4n) is 3.39. The topological polar surface area (TPSA) is 48.0 Å². The van der Waals surface area contributed by atoms with E-state index in [-0.39, 0.29) is 11.5 Å². The zero-order valence-corrected chi connectivity index (χ0v) is 17.1. The first kappa shape index (κ1) is 19.3. The molecular weight excluding hydrogens is 401 g/mol. The van der Waals surface area contributed by atoms with Crippen LogP contribution in [0.2, 0.25) is 10.0 Å². The molecule has 7 heteroatoms. The Morgan fingerprint density at radius 1 is 1.25 bits per heavy atom. The van der Waals surface area contributed by atoms with Crippen molar-refractivity contribution < 1.29 is 19.0 Å². The maximum Gasteiger partial charge on any atom is 0.232 e. The van der Waals surface area contributed by atoms with E-state index in [1.54, 1.807) is 31.4 Å². The fraction of sp³-hybridized carbons (Fsp3) is 0.286. The van der Waals surface area contributed by atoms with Crippen LogP contribution in [-0.4, -0.2) is 37.7 Å². The molecule has 0 aliphatic carbocycles. The summed E-state index contributed by atoms with van der Waals surface area (Å²) < 4.78 is 17.1. The van der Waals surface area contributed by atoms with Gasteiger partial charge in [0, 0.05) is 20.2 Å². The molecule has 2 aromatic rings. The lowest BCUT2D eigenvalue weighted by Crippen LogP contribution is -2.34. The number of halogens is 2. The molecule has 2 aromatic carbocycles. The second-order valence-electron chi connectivity index (χ2n) is 6.81. The Morgan fingerprint density at radius 2 is 2.07 bits per heavy atom. The van der Waals surface area contributed by atoms with Gasteiger partial charge in [-0.15, -0.1) is 0 Å². The highest BCUT2D eigenvalue weighted by Crippen LogP contribution is 2.44. The Kier molecular flexibility index (Phi) is 5.34. The number of carbonyl (C=O) groups excluding carboxylic acids is 1. The molecule has 5 nitrogen and oxygen atoms in total. The molecule has 0 saturated carbocycles. The van der Waals surface area contributed by atoms with Gasteiger partial charge in [-0.05, 0) is 42.3 Å². The summed E-state index contributed by atoms with van der Waals surface area (Å²) in [4.78, 5) is 15.1. The van der Waals surface area contributed by atoms with Crippen LogP contribution in [0.5, 0.6) is 11.5 Å². The van der Waals surface area contributed by atoms with Gasteiger partial charge in [0.15, 0.2) is 5.76 Å². The number of fused-ring (bicyclic) bond motifs is 3. The lowest BCUT2D eigenvalue weighted by Gasteiger charge is -2.29. The summed E-state index contributed by atoms with van der Waals surface area (Å²) >= 11 is 12.1. The van der Waals surface area contributed by atoms with Gasteiger partial charge in [0.05, 0.1) is 27.8 Å². The van der Waals surface area contributed by atoms with Crippen LogP contribution >= 0.6 is 23.2 Å². The molecule has 0 saturated heterocycles. The van der Waals surface area contributed by atoms with E-state index in [4.69, 9.17) is 37.4 Å². The summed E-state index contributed by atoms with van der Waals surface area (Å²) in [6.45, 7) is 4.35. The van der Waals surface area contributed by atoms with Crippen molar-refractivity contribution in [3.63, 3.8) is 0 Å². The quantitative estimate of drug-likeness (QED) is 0.671. The molecule has 4 rings (SSSR count). The van der Waals surface area contributed by atoms with Crippen molar-refractivity contribution in [2.24, 2.45) is 0 Å². The number of nitrogens with zero attached hydrogens (tertiary/aromatic N) is 1. The SMILES string of the molecule is COCCN1COc2cc(C)c3c(c2C1)O/C(=C\c1ccc(Cl)c(Cl)c1)C3=O. The summed E-state index contributed by atoms with van der Waals surface area (Å²) in [5.74, 6) is 1.45. The summed E-state index contributed by atoms with van der Waals surface area (Å²) in [6.07, 6.45) is 1.68. The van der Waals surface area contributed by atoms with Gasteiger partial charge in [-0.2, -0.15) is 0 Å². The van der Waals surface area contributed by atoms with Gasteiger partial charge in [-0.25, -0.2) is 0 Å². The molecular formula is C21H19Cl2NO4. The largest absolute Gasteiger partial charge is 0.478 e. The zero-order chi connectivity index (χ0) is 19.8. The van der Waals surface area contributed by atoms with E-state index in [2.05, 4.69) is 4.90 Å². The van der Waals surface area contributed by atoms with Crippen LogP contribution in [0.4, 0.5) is 0 Å². The van der Waals surface area contributed by atoms with E-state index in [1.807, 2.05) is 13.0 Å². The van der Waals surface area contributed by atoms with Crippen molar-refractivity contribution in [2.45, 2.75) is 13.5 Å². The smallest absolute Gasteiger partial charge is 0.232 e. The van der Waals surface area contributed by atoms with Crippen LogP contribution in [-0.2, 0) is 11.3 Å². The lowest BCUT2D eigenvalue weighted by atomic mass is 9.98. The lowest BCUT2D eigenvalue weighted by molar-refractivity contribution is 0.0646. The van der Waals surface area contributed by atoms with E-state index in [1.165, 1.54) is 0 Å². The number of methoxy groups -OCH3 is 1. The predicted octanol–water partition coefficient (Wildman–Crippen LogP) is 4.72. The van der Waals surface area contributed by atoms with Crippen LogP contribution in [0.3, 0.4) is 0 Å². The number of carbonyl (C=O) groups is 1. The maximum atomic E-state index is 13.0. The number of rotatable bonds is 4. The molecule has 0 aromatic heterocycles. The molecule has 0 N–H and O–H groups in total. The highest BCUT2D eigenvalue weighted by atomic mass is 35.5. The first-order valence-electron chi connectivity index (χ1n) is 8.88. The third-order valence-electron chi connectivity index (χ3n) is 4.84. The van der Waals surface area contributed by atoms with Crippen LogP contribution in [0.15, 0.2) is 30.0 Å². The minimum absolute atomic E-state index is 0.143. The molecule has 0 unspecified atom stereocenters. The molecule has 0 spiro atoms. The summed E-state index contributed by atoms with van der Waals surface area (Å²) in [6, 6.07) is 7.09. The average molecular weight is 420 g/mol. The molecule has 0 amide bonds. The van der Waals surface area contributed by atoms with Crippen LogP contribution in [0.25, 0.3) is 6.08 Å². The minimum Gasteiger partial charge on any atom is -0.478 e. The van der Waals surface area contributed by atoms with Gasteiger partial charge < -0.3 is 14.2 Å². The molecule has 0 radical (unpaired) electrons. The standard InChI is InChI=1S/C21H19Cl2NO4/c1-12-7-17-14(10-24(11-27-17)5-6-26-2)21-19(12)20(25)18(28-21)9-13-3-4-15(22)16(23)8-13/h3-4,7-9H,5-6,10-11H2,1-2H3/b18-9-. The van der Waals surface area contributed by atoms with Crippen LogP contribution < -0.4 is 9.47 Å². The van der Waals surface area contributed by atoms with Crippen LogP contribution in [0.1, 0.15) is 27.0 Å². The van der Waals surface area contributed by atoms with Gasteiger partial charge >= 0.3 is 0 Å². The summed E-state index contributed by atoms with van der Waals surface area (Å²) in [5.41, 5.74) is 3.05. The van der Waals surface area contributed by atoms with E-state index in [0.717, 1.165) is 29.0 Å². The number of ether oxygens (including phenoxy) is 3. The van der Waals surface area contributed by atoms with Crippen molar-refractivity contribution in [1.82, 2.24) is 4.90 Å². The number of hydrogen-bond acceptors (Lipinski definition) is 5. The van der Waals surface area contributed by atoms with Crippen molar-refractivity contribution >= 4 is 35.1 Å². The number of ketones is 1. The Balaban J connectivity index is 1.69. The van der Waals surface area contributed by atoms with E-state index in [9.17, 15) is 4.79 Å². The number of allylic oxidation sites excluding steroid dienone is 1. The third kappa shape index (κ3) is 3.51. The van der Waals surface area contributed by atoms with Crippen molar-refractivity contribution in [3.05, 3.63) is 62.3 Å². The molecule has 0 fully saturated rings. The highest BCUT2D eigenvalue weighted by Gasteiger charge is 2.35. The Labute approximate surface area is 173 Å². The van der Waals surface area contributed by atoms with Gasteiger partial charge in [0.2, 0.25) is 5.78 Å². The van der Waals surface area contributed by atoms with E-state index < -0.39 is 0 Å². The summed E-state index contributed by atoms with van der Waals surface area (Å²) in [7, 11) is 1.67. The highest BCUT2D eigenvalue weighted by molar-refractivity contribution is 6.42. The van der Waals surface area contributed by atoms with Crippen molar-refractivity contribution in [1.29, 1.82) is 0 Å². The first-order valence-corrected chi connectivity index (χ1v) is 9.63. The second-order valence-corrected chi connectivity index (χ2v) is 7.62. The molecule has 28 heavy (non-hydrogen) atoms. The van der Waals surface area contributed by atoms with E-state index >= 15 is 0 Å². The Hall–Kier alpha value is -2.05. The average Bonchev–Trinajstić information content (AvgIpc) is 3.00. The normalized spacial score (nSPS) is 17.3. The van der Waals surface area contributed by atoms with Gasteiger partial charge in [-0.3, -0.25) is 9.69 Å². The fourth-order valence-corrected chi connectivity index (χ4v) is 3.70. The predicted molar refractivity (Wildman–Crippen MR) is 108 cm³/mol. The molecule has 0 atom stereocenters. The van der Waals surface area contributed by atoms with Gasteiger partial charge in [-0.1, -0.05) is 29.3 Å². The third-order valence-corrected chi connectivity index (χ3v) is 5.58. The molecule has 0 bridgehead atoms. The summed E-state index contributed by atoms with van der Waals surface area (Å²) in [5, 5.41) is 0.888. The molecule has 2 heterocycles. The monoisotopic (exact) mass is 419 g/mol. The first-order chi connectivity index (χ1) is 13.5. The van der Waals surface area contributed by atoms with Crippen LogP contribution in [0, 0.1) is 6.92 Å². The Bertz CT molecular complexity index is 987. The minimum atomic E-state index is -0.143. The Morgan fingerprint density at radius 3 is 2.82 bits per heavy atom.